The van der Waals surface area contributed by atoms with Crippen LogP contribution in [0.4, 0.5) is 0 Å². The van der Waals surface area contributed by atoms with Crippen LogP contribution in [0.2, 0.25) is 0 Å². The molecule has 3 rings (SSSR count). The molecular weight excluding hydrogens is 304 g/mol. The van der Waals surface area contributed by atoms with Crippen molar-refractivity contribution in [1.82, 2.24) is 10.2 Å². The number of unbranched alkanes of at least 4 members (excludes halogenated alkanes) is 2. The first-order valence-electron chi connectivity index (χ1n) is 8.71. The SMILES string of the molecule is C.C.CCCCC(=O)NC1CN2CCC1CC2.CCCCSC. The van der Waals surface area contributed by atoms with Crippen LogP contribution >= 0.6 is 11.8 Å². The molecule has 3 aliphatic heterocycles. The summed E-state index contributed by atoms with van der Waals surface area (Å²) in [6.07, 6.45) is 10.2. The summed E-state index contributed by atoms with van der Waals surface area (Å²) in [5.41, 5.74) is 0. The zero-order chi connectivity index (χ0) is 15.5. The molecule has 0 saturated carbocycles. The first kappa shape index (κ1) is 25.0. The van der Waals surface area contributed by atoms with Crippen molar-refractivity contribution >= 4 is 17.7 Å². The molecule has 1 amide bonds. The van der Waals surface area contributed by atoms with E-state index in [1.165, 1.54) is 44.5 Å². The van der Waals surface area contributed by atoms with Crippen LogP contribution in [0, 0.1) is 5.92 Å². The minimum atomic E-state index is 0. The number of amides is 1. The number of hydrogen-bond donors (Lipinski definition) is 1. The van der Waals surface area contributed by atoms with E-state index in [0.29, 0.717) is 12.5 Å². The van der Waals surface area contributed by atoms with E-state index in [0.717, 1.165) is 25.3 Å². The lowest BCUT2D eigenvalue weighted by Crippen LogP contribution is -2.57. The van der Waals surface area contributed by atoms with E-state index >= 15 is 0 Å². The summed E-state index contributed by atoms with van der Waals surface area (Å²) in [6, 6.07) is 0.442. The Hall–Kier alpha value is -0.220. The van der Waals surface area contributed by atoms with Gasteiger partial charge in [-0.3, -0.25) is 4.79 Å². The van der Waals surface area contributed by atoms with E-state index in [-0.39, 0.29) is 20.8 Å². The Morgan fingerprint density at radius 2 is 1.74 bits per heavy atom. The van der Waals surface area contributed by atoms with Gasteiger partial charge in [-0.15, -0.1) is 0 Å². The highest BCUT2D eigenvalue weighted by Gasteiger charge is 2.34. The molecule has 3 heterocycles. The highest BCUT2D eigenvalue weighted by molar-refractivity contribution is 7.98. The van der Waals surface area contributed by atoms with E-state index in [1.807, 2.05) is 11.8 Å². The Bertz CT molecular complexity index is 275. The number of fused-ring (bicyclic) bond motifs is 3. The minimum absolute atomic E-state index is 0. The van der Waals surface area contributed by atoms with Gasteiger partial charge in [-0.2, -0.15) is 11.8 Å². The Morgan fingerprint density at radius 3 is 2.13 bits per heavy atom. The molecule has 0 aromatic rings. The Kier molecular flexibility index (Phi) is 16.7. The molecule has 0 aromatic carbocycles. The highest BCUT2D eigenvalue weighted by Crippen LogP contribution is 2.27. The van der Waals surface area contributed by atoms with Crippen LogP contribution < -0.4 is 5.32 Å². The van der Waals surface area contributed by atoms with Crippen molar-refractivity contribution in [2.75, 3.05) is 31.6 Å². The van der Waals surface area contributed by atoms with Crippen LogP contribution in [0.25, 0.3) is 0 Å². The molecule has 3 saturated heterocycles. The smallest absolute Gasteiger partial charge is 0.220 e. The fourth-order valence-electron chi connectivity index (χ4n) is 3.03. The zero-order valence-electron chi connectivity index (χ0n) is 14.2. The van der Waals surface area contributed by atoms with Crippen molar-refractivity contribution < 1.29 is 4.79 Å². The molecule has 1 N–H and O–H groups in total. The van der Waals surface area contributed by atoms with Gasteiger partial charge in [-0.25, -0.2) is 0 Å². The Morgan fingerprint density at radius 1 is 1.13 bits per heavy atom. The predicted molar refractivity (Wildman–Crippen MR) is 107 cm³/mol. The summed E-state index contributed by atoms with van der Waals surface area (Å²) in [4.78, 5) is 14.1. The first-order chi connectivity index (χ1) is 10.2. The first-order valence-corrected chi connectivity index (χ1v) is 10.1. The molecule has 0 aliphatic carbocycles. The normalized spacial score (nSPS) is 24.6. The van der Waals surface area contributed by atoms with E-state index in [2.05, 4.69) is 30.3 Å². The number of thioether (sulfide) groups is 1. The Balaban J connectivity index is 0. The van der Waals surface area contributed by atoms with Crippen molar-refractivity contribution in [3.05, 3.63) is 0 Å². The fraction of sp³-hybridized carbons (Fsp3) is 0.947. The molecule has 2 bridgehead atoms. The van der Waals surface area contributed by atoms with Gasteiger partial charge in [0.25, 0.3) is 0 Å². The van der Waals surface area contributed by atoms with E-state index in [9.17, 15) is 4.79 Å². The molecule has 1 unspecified atom stereocenters. The lowest BCUT2D eigenvalue weighted by atomic mass is 9.84. The van der Waals surface area contributed by atoms with Gasteiger partial charge in [-0.1, -0.05) is 41.5 Å². The maximum Gasteiger partial charge on any atom is 0.220 e. The molecule has 0 spiro atoms. The number of hydrogen-bond acceptors (Lipinski definition) is 3. The minimum Gasteiger partial charge on any atom is -0.352 e. The molecule has 0 aromatic heterocycles. The second-order valence-electron chi connectivity index (χ2n) is 6.26. The lowest BCUT2D eigenvalue weighted by Gasteiger charge is -2.44. The summed E-state index contributed by atoms with van der Waals surface area (Å²) in [7, 11) is 0. The van der Waals surface area contributed by atoms with Gasteiger partial charge in [-0.05, 0) is 56.7 Å². The number of carbonyl (C=O) groups is 1. The lowest BCUT2D eigenvalue weighted by molar-refractivity contribution is -0.123. The Labute approximate surface area is 150 Å². The molecule has 0 radical (unpaired) electrons. The summed E-state index contributed by atoms with van der Waals surface area (Å²) in [5, 5.41) is 3.20. The number of nitrogens with zero attached hydrogens (tertiary/aromatic N) is 1. The monoisotopic (exact) mass is 346 g/mol. The summed E-state index contributed by atoms with van der Waals surface area (Å²) >= 11 is 1.93. The molecule has 1 atom stereocenters. The molecule has 3 aliphatic rings. The maximum absolute atomic E-state index is 11.6. The predicted octanol–water partition coefficient (Wildman–Crippen LogP) is 4.81. The van der Waals surface area contributed by atoms with Gasteiger partial charge >= 0.3 is 0 Å². The molecule has 4 heteroatoms. The van der Waals surface area contributed by atoms with Crippen molar-refractivity contribution in [3.63, 3.8) is 0 Å². The van der Waals surface area contributed by atoms with E-state index in [4.69, 9.17) is 0 Å². The molecular formula is C19H42N2OS. The highest BCUT2D eigenvalue weighted by atomic mass is 32.2. The summed E-state index contributed by atoms with van der Waals surface area (Å²) in [6.45, 7) is 7.91. The zero-order valence-corrected chi connectivity index (χ0v) is 15.0. The van der Waals surface area contributed by atoms with Crippen LogP contribution in [0.1, 0.15) is 73.6 Å². The topological polar surface area (TPSA) is 32.3 Å². The van der Waals surface area contributed by atoms with Crippen molar-refractivity contribution in [2.45, 2.75) is 79.7 Å². The van der Waals surface area contributed by atoms with Crippen LogP contribution in [0.5, 0.6) is 0 Å². The van der Waals surface area contributed by atoms with Crippen LogP contribution in [-0.4, -0.2) is 48.5 Å². The van der Waals surface area contributed by atoms with Crippen LogP contribution in [-0.2, 0) is 4.79 Å². The molecule has 140 valence electrons. The van der Waals surface area contributed by atoms with Crippen molar-refractivity contribution in [2.24, 2.45) is 5.92 Å². The summed E-state index contributed by atoms with van der Waals surface area (Å²) < 4.78 is 0. The third-order valence-corrected chi connectivity index (χ3v) is 5.16. The van der Waals surface area contributed by atoms with Gasteiger partial charge in [0, 0.05) is 19.0 Å². The van der Waals surface area contributed by atoms with Gasteiger partial charge in [0.15, 0.2) is 0 Å². The average Bonchev–Trinajstić information content (AvgIpc) is 2.52. The summed E-state index contributed by atoms with van der Waals surface area (Å²) in [5.74, 6) is 2.34. The molecule has 23 heavy (non-hydrogen) atoms. The molecule has 3 fully saturated rings. The van der Waals surface area contributed by atoms with Gasteiger partial charge in [0.2, 0.25) is 5.91 Å². The largest absolute Gasteiger partial charge is 0.352 e. The number of rotatable bonds is 7. The number of piperidine rings is 3. The average molecular weight is 347 g/mol. The van der Waals surface area contributed by atoms with E-state index in [1.54, 1.807) is 0 Å². The number of carbonyl (C=O) groups excluding carboxylic acids is 1. The fourth-order valence-corrected chi connectivity index (χ4v) is 3.61. The standard InChI is InChI=1S/C12H22N2O.C5H12S.2CH4/c1-2-3-4-12(15)13-11-9-14-7-5-10(11)6-8-14;1-3-4-5-6-2;;/h10-11H,2-9H2,1H3,(H,13,15);3-5H2,1-2H3;2*1H4. The quantitative estimate of drug-likeness (QED) is 0.671. The number of nitrogens with one attached hydrogen (secondary N) is 1. The second-order valence-corrected chi connectivity index (χ2v) is 7.25. The van der Waals surface area contributed by atoms with Gasteiger partial charge < -0.3 is 10.2 Å². The van der Waals surface area contributed by atoms with Crippen molar-refractivity contribution in [1.29, 1.82) is 0 Å². The molecule has 3 nitrogen and oxygen atoms in total. The second kappa shape index (κ2) is 15.3. The van der Waals surface area contributed by atoms with E-state index < -0.39 is 0 Å². The maximum atomic E-state index is 11.6. The van der Waals surface area contributed by atoms with Crippen molar-refractivity contribution in [3.8, 4) is 0 Å². The van der Waals surface area contributed by atoms with Gasteiger partial charge in [0.1, 0.15) is 0 Å². The third-order valence-electron chi connectivity index (χ3n) is 4.46. The van der Waals surface area contributed by atoms with Crippen LogP contribution in [0.15, 0.2) is 0 Å². The van der Waals surface area contributed by atoms with Crippen LogP contribution in [0.3, 0.4) is 0 Å². The van der Waals surface area contributed by atoms with Gasteiger partial charge in [0.05, 0.1) is 0 Å². The third kappa shape index (κ3) is 10.3.